The smallest absolute Gasteiger partial charge is 0.255 e. The molecule has 0 spiro atoms. The van der Waals surface area contributed by atoms with Crippen LogP contribution in [0.4, 0.5) is 0 Å². The summed E-state index contributed by atoms with van der Waals surface area (Å²) in [7, 11) is 1.75. The highest BCUT2D eigenvalue weighted by molar-refractivity contribution is 5.97. The molecule has 0 saturated carbocycles. The number of hydrogen-bond donors (Lipinski definition) is 0. The van der Waals surface area contributed by atoms with Crippen molar-refractivity contribution >= 4 is 5.91 Å². The first-order valence-electron chi connectivity index (χ1n) is 7.92. The topological polar surface area (TPSA) is 73.1 Å². The van der Waals surface area contributed by atoms with Crippen molar-refractivity contribution in [3.05, 3.63) is 66.0 Å². The molecule has 7 heteroatoms. The van der Waals surface area contributed by atoms with Crippen LogP contribution in [0.3, 0.4) is 0 Å². The fourth-order valence-electron chi connectivity index (χ4n) is 2.37. The van der Waals surface area contributed by atoms with Crippen LogP contribution in [0.5, 0.6) is 5.75 Å². The molecule has 0 aliphatic heterocycles. The second-order valence-corrected chi connectivity index (χ2v) is 5.66. The van der Waals surface area contributed by atoms with Gasteiger partial charge in [0.05, 0.1) is 17.8 Å². The predicted octanol–water partition coefficient (Wildman–Crippen LogP) is 2.12. The van der Waals surface area contributed by atoms with Gasteiger partial charge < -0.3 is 9.64 Å². The van der Waals surface area contributed by atoms with Crippen molar-refractivity contribution < 1.29 is 9.53 Å². The SMILES string of the molecule is Cc1ccc(OCCN(C)C(=O)c2ccccc2-n2cnnn2)cc1. The van der Waals surface area contributed by atoms with Gasteiger partial charge in [0.15, 0.2) is 0 Å². The minimum Gasteiger partial charge on any atom is -0.492 e. The summed E-state index contributed by atoms with van der Waals surface area (Å²) in [6, 6.07) is 15.1. The number of aryl methyl sites for hydroxylation is 1. The lowest BCUT2D eigenvalue weighted by atomic mass is 10.1. The number of carbonyl (C=O) groups excluding carboxylic acids is 1. The number of benzene rings is 2. The number of rotatable bonds is 6. The van der Waals surface area contributed by atoms with Crippen molar-refractivity contribution in [2.24, 2.45) is 0 Å². The summed E-state index contributed by atoms with van der Waals surface area (Å²) in [4.78, 5) is 14.4. The largest absolute Gasteiger partial charge is 0.492 e. The van der Waals surface area contributed by atoms with Crippen molar-refractivity contribution in [3.63, 3.8) is 0 Å². The van der Waals surface area contributed by atoms with Crippen molar-refractivity contribution in [1.82, 2.24) is 25.1 Å². The molecular formula is C18H19N5O2. The molecule has 0 aliphatic rings. The van der Waals surface area contributed by atoms with E-state index in [9.17, 15) is 4.79 Å². The second kappa shape index (κ2) is 7.57. The Labute approximate surface area is 145 Å². The van der Waals surface area contributed by atoms with E-state index in [4.69, 9.17) is 4.74 Å². The van der Waals surface area contributed by atoms with Gasteiger partial charge in [0.2, 0.25) is 0 Å². The van der Waals surface area contributed by atoms with Crippen LogP contribution >= 0.6 is 0 Å². The van der Waals surface area contributed by atoms with E-state index in [0.717, 1.165) is 5.75 Å². The second-order valence-electron chi connectivity index (χ2n) is 5.66. The monoisotopic (exact) mass is 337 g/mol. The summed E-state index contributed by atoms with van der Waals surface area (Å²) in [5.74, 6) is 0.680. The molecule has 0 atom stereocenters. The first kappa shape index (κ1) is 16.6. The Morgan fingerprint density at radius 1 is 1.16 bits per heavy atom. The number of para-hydroxylation sites is 1. The van der Waals surface area contributed by atoms with Crippen LogP contribution in [-0.4, -0.2) is 51.2 Å². The lowest BCUT2D eigenvalue weighted by molar-refractivity contribution is 0.0773. The molecule has 7 nitrogen and oxygen atoms in total. The van der Waals surface area contributed by atoms with E-state index >= 15 is 0 Å². The number of likely N-dealkylation sites (N-methyl/N-ethyl adjacent to an activating group) is 1. The van der Waals surface area contributed by atoms with Gasteiger partial charge in [0.1, 0.15) is 18.7 Å². The number of aromatic nitrogens is 4. The van der Waals surface area contributed by atoms with Gasteiger partial charge in [-0.1, -0.05) is 29.8 Å². The highest BCUT2D eigenvalue weighted by atomic mass is 16.5. The zero-order valence-corrected chi connectivity index (χ0v) is 14.2. The average molecular weight is 337 g/mol. The van der Waals surface area contributed by atoms with Crippen LogP contribution in [0.25, 0.3) is 5.69 Å². The third-order valence-electron chi connectivity index (χ3n) is 3.79. The number of ether oxygens (including phenoxy) is 1. The van der Waals surface area contributed by atoms with E-state index in [1.165, 1.54) is 16.6 Å². The maximum atomic E-state index is 12.7. The molecule has 0 saturated heterocycles. The fraction of sp³-hybridized carbons (Fsp3) is 0.222. The summed E-state index contributed by atoms with van der Waals surface area (Å²) in [6.45, 7) is 2.91. The van der Waals surface area contributed by atoms with Gasteiger partial charge in [-0.15, -0.1) is 5.10 Å². The van der Waals surface area contributed by atoms with E-state index in [-0.39, 0.29) is 5.91 Å². The van der Waals surface area contributed by atoms with Crippen molar-refractivity contribution in [2.45, 2.75) is 6.92 Å². The Bertz CT molecular complexity index is 831. The van der Waals surface area contributed by atoms with Crippen molar-refractivity contribution in [1.29, 1.82) is 0 Å². The maximum Gasteiger partial charge on any atom is 0.255 e. The Balaban J connectivity index is 1.64. The van der Waals surface area contributed by atoms with E-state index in [0.29, 0.717) is 24.4 Å². The van der Waals surface area contributed by atoms with Gasteiger partial charge in [0, 0.05) is 7.05 Å². The molecule has 0 N–H and O–H groups in total. The maximum absolute atomic E-state index is 12.7. The van der Waals surface area contributed by atoms with Gasteiger partial charge in [-0.05, 0) is 41.6 Å². The van der Waals surface area contributed by atoms with E-state index in [2.05, 4.69) is 15.5 Å². The highest BCUT2D eigenvalue weighted by Crippen LogP contribution is 2.15. The van der Waals surface area contributed by atoms with Crippen LogP contribution < -0.4 is 4.74 Å². The first-order chi connectivity index (χ1) is 12.1. The van der Waals surface area contributed by atoms with Crippen LogP contribution in [0, 0.1) is 6.92 Å². The normalized spacial score (nSPS) is 10.5. The molecule has 2 aromatic carbocycles. The lowest BCUT2D eigenvalue weighted by Gasteiger charge is -2.19. The third-order valence-corrected chi connectivity index (χ3v) is 3.79. The highest BCUT2D eigenvalue weighted by Gasteiger charge is 2.17. The van der Waals surface area contributed by atoms with Crippen LogP contribution in [-0.2, 0) is 0 Å². The van der Waals surface area contributed by atoms with Crippen molar-refractivity contribution in [2.75, 3.05) is 20.2 Å². The molecule has 0 radical (unpaired) electrons. The fourth-order valence-corrected chi connectivity index (χ4v) is 2.37. The molecule has 1 aromatic heterocycles. The van der Waals surface area contributed by atoms with Crippen LogP contribution in [0.1, 0.15) is 15.9 Å². The molecule has 0 unspecified atom stereocenters. The summed E-state index contributed by atoms with van der Waals surface area (Å²) in [5.41, 5.74) is 2.36. The van der Waals surface area contributed by atoms with Gasteiger partial charge in [0.25, 0.3) is 5.91 Å². The summed E-state index contributed by atoms with van der Waals surface area (Å²) >= 11 is 0. The standard InChI is InChI=1S/C18H19N5O2/c1-14-7-9-15(10-8-14)25-12-11-22(2)18(24)16-5-3-4-6-17(16)23-13-19-20-21-23/h3-10,13H,11-12H2,1-2H3. The molecule has 1 amide bonds. The summed E-state index contributed by atoms with van der Waals surface area (Å²) in [5, 5.41) is 11.1. The van der Waals surface area contributed by atoms with Gasteiger partial charge in [-0.2, -0.15) is 4.68 Å². The van der Waals surface area contributed by atoms with E-state index in [1.807, 2.05) is 43.3 Å². The van der Waals surface area contributed by atoms with Crippen LogP contribution in [0.15, 0.2) is 54.9 Å². The summed E-state index contributed by atoms with van der Waals surface area (Å²) in [6.07, 6.45) is 1.46. The molecule has 128 valence electrons. The Kier molecular flexibility index (Phi) is 5.03. The number of hydrogen-bond acceptors (Lipinski definition) is 5. The van der Waals surface area contributed by atoms with Crippen LogP contribution in [0.2, 0.25) is 0 Å². The molecule has 25 heavy (non-hydrogen) atoms. The van der Waals surface area contributed by atoms with E-state index < -0.39 is 0 Å². The van der Waals surface area contributed by atoms with Crippen molar-refractivity contribution in [3.8, 4) is 11.4 Å². The van der Waals surface area contributed by atoms with Gasteiger partial charge in [-0.25, -0.2) is 0 Å². The molecule has 1 heterocycles. The average Bonchev–Trinajstić information content (AvgIpc) is 3.17. The zero-order valence-electron chi connectivity index (χ0n) is 14.2. The van der Waals surface area contributed by atoms with E-state index in [1.54, 1.807) is 24.1 Å². The number of amides is 1. The Hall–Kier alpha value is -3.22. The third kappa shape index (κ3) is 4.00. The number of nitrogens with zero attached hydrogens (tertiary/aromatic N) is 5. The number of tetrazole rings is 1. The molecular weight excluding hydrogens is 318 g/mol. The first-order valence-corrected chi connectivity index (χ1v) is 7.92. The Morgan fingerprint density at radius 2 is 1.92 bits per heavy atom. The lowest BCUT2D eigenvalue weighted by Crippen LogP contribution is -2.31. The Morgan fingerprint density at radius 3 is 2.64 bits per heavy atom. The van der Waals surface area contributed by atoms with Gasteiger partial charge >= 0.3 is 0 Å². The minimum atomic E-state index is -0.112. The molecule has 3 rings (SSSR count). The molecule has 0 bridgehead atoms. The zero-order chi connectivity index (χ0) is 17.6. The molecule has 0 aliphatic carbocycles. The summed E-state index contributed by atoms with van der Waals surface area (Å²) < 4.78 is 7.16. The molecule has 3 aromatic rings. The number of carbonyl (C=O) groups is 1. The molecule has 0 fully saturated rings. The van der Waals surface area contributed by atoms with Gasteiger partial charge in [-0.3, -0.25) is 4.79 Å². The predicted molar refractivity (Wildman–Crippen MR) is 92.8 cm³/mol. The quantitative estimate of drug-likeness (QED) is 0.689. The minimum absolute atomic E-state index is 0.112.